The summed E-state index contributed by atoms with van der Waals surface area (Å²) >= 11 is 0. The average molecular weight is 418 g/mol. The molecule has 1 rings (SSSR count). The van der Waals surface area contributed by atoms with Gasteiger partial charge in [-0.2, -0.15) is 0 Å². The molecule has 3 N–H and O–H groups in total. The molecule has 0 saturated heterocycles. The first kappa shape index (κ1) is 21.2. The number of guanidine groups is 1. The smallest absolute Gasteiger partial charge is 0.193 e. The fourth-order valence-corrected chi connectivity index (χ4v) is 2.29. The Morgan fingerprint density at radius 2 is 1.68 bits per heavy atom. The van der Waals surface area contributed by atoms with E-state index >= 15 is 0 Å². The van der Waals surface area contributed by atoms with E-state index in [0.717, 1.165) is 25.2 Å². The second kappa shape index (κ2) is 12.7. The average Bonchev–Trinajstić information content (AvgIpc) is 2.46. The lowest BCUT2D eigenvalue weighted by Gasteiger charge is -2.20. The summed E-state index contributed by atoms with van der Waals surface area (Å²) < 4.78 is 0. The predicted octanol–water partition coefficient (Wildman–Crippen LogP) is 3.85. The summed E-state index contributed by atoms with van der Waals surface area (Å²) in [6.07, 6.45) is 3.47. The first-order valence-electron chi connectivity index (χ1n) is 8.01. The molecule has 0 fully saturated rings. The predicted molar refractivity (Wildman–Crippen MR) is 108 cm³/mol. The molecule has 0 heterocycles. The lowest BCUT2D eigenvalue weighted by Crippen LogP contribution is -2.27. The number of nitrogens with two attached hydrogens (primary N) is 1. The van der Waals surface area contributed by atoms with Crippen LogP contribution in [0.25, 0.3) is 0 Å². The lowest BCUT2D eigenvalue weighted by molar-refractivity contribution is 0.273. The minimum atomic E-state index is 0. The number of anilines is 1. The highest BCUT2D eigenvalue weighted by molar-refractivity contribution is 14.0. The van der Waals surface area contributed by atoms with Crippen LogP contribution in [-0.2, 0) is 0 Å². The fourth-order valence-electron chi connectivity index (χ4n) is 2.29. The van der Waals surface area contributed by atoms with Gasteiger partial charge in [-0.3, -0.25) is 4.99 Å². The van der Waals surface area contributed by atoms with Crippen LogP contribution in [0.3, 0.4) is 0 Å². The Balaban J connectivity index is 0.00000441. The molecule has 0 spiro atoms. The van der Waals surface area contributed by atoms with Crippen molar-refractivity contribution in [2.45, 2.75) is 40.0 Å². The minimum Gasteiger partial charge on any atom is -0.370 e. The third-order valence-electron chi connectivity index (χ3n) is 3.32. The van der Waals surface area contributed by atoms with E-state index in [0.29, 0.717) is 5.96 Å². The molecule has 126 valence electrons. The molecule has 1 aromatic rings. The van der Waals surface area contributed by atoms with E-state index in [2.05, 4.69) is 48.1 Å². The lowest BCUT2D eigenvalue weighted by atomic mass is 10.2. The van der Waals surface area contributed by atoms with Crippen LogP contribution in [0, 0.1) is 6.92 Å². The summed E-state index contributed by atoms with van der Waals surface area (Å²) in [5, 5.41) is 3.12. The number of hydrogen-bond acceptors (Lipinski definition) is 2. The summed E-state index contributed by atoms with van der Waals surface area (Å²) in [6, 6.07) is 8.15. The molecule has 0 radical (unpaired) electrons. The first-order chi connectivity index (χ1) is 10.2. The SMILES string of the molecule is CCCN(CCC)CCCN=C(N)Nc1ccc(C)cc1.I. The topological polar surface area (TPSA) is 53.6 Å². The number of halogens is 1. The highest BCUT2D eigenvalue weighted by atomic mass is 127. The number of aryl methyl sites for hydroxylation is 1. The Morgan fingerprint density at radius 1 is 1.09 bits per heavy atom. The van der Waals surface area contributed by atoms with Gasteiger partial charge < -0.3 is 16.0 Å². The normalized spacial score (nSPS) is 11.4. The molecule has 0 amide bonds. The number of nitrogens with zero attached hydrogens (tertiary/aromatic N) is 2. The van der Waals surface area contributed by atoms with Gasteiger partial charge in [0.15, 0.2) is 5.96 Å². The van der Waals surface area contributed by atoms with Crippen LogP contribution in [-0.4, -0.2) is 37.0 Å². The number of rotatable bonds is 9. The second-order valence-electron chi connectivity index (χ2n) is 5.45. The van der Waals surface area contributed by atoms with Gasteiger partial charge in [0, 0.05) is 12.2 Å². The van der Waals surface area contributed by atoms with Crippen molar-refractivity contribution in [3.8, 4) is 0 Å². The van der Waals surface area contributed by atoms with Gasteiger partial charge >= 0.3 is 0 Å². The van der Waals surface area contributed by atoms with Crippen LogP contribution < -0.4 is 11.1 Å². The molecule has 22 heavy (non-hydrogen) atoms. The Bertz CT molecular complexity index is 411. The summed E-state index contributed by atoms with van der Waals surface area (Å²) in [4.78, 5) is 6.89. The standard InChI is InChI=1S/C17H30N4.HI/c1-4-12-21(13-5-2)14-6-11-19-17(18)20-16-9-7-15(3)8-10-16;/h7-10H,4-6,11-14H2,1-3H3,(H3,18,19,20);1H. The van der Waals surface area contributed by atoms with Crippen molar-refractivity contribution in [3.05, 3.63) is 29.8 Å². The van der Waals surface area contributed by atoms with E-state index in [9.17, 15) is 0 Å². The van der Waals surface area contributed by atoms with Crippen molar-refractivity contribution in [2.75, 3.05) is 31.5 Å². The number of nitrogens with one attached hydrogen (secondary N) is 1. The number of aliphatic imine (C=N–C) groups is 1. The monoisotopic (exact) mass is 418 g/mol. The maximum atomic E-state index is 5.90. The third-order valence-corrected chi connectivity index (χ3v) is 3.32. The van der Waals surface area contributed by atoms with E-state index in [4.69, 9.17) is 5.73 Å². The molecule has 0 bridgehead atoms. The van der Waals surface area contributed by atoms with Gasteiger partial charge in [-0.05, 0) is 58.0 Å². The Hall–Kier alpha value is -0.820. The zero-order valence-corrected chi connectivity index (χ0v) is 16.5. The molecule has 0 aliphatic rings. The van der Waals surface area contributed by atoms with Crippen molar-refractivity contribution in [1.82, 2.24) is 4.90 Å². The summed E-state index contributed by atoms with van der Waals surface area (Å²) in [7, 11) is 0. The molecule has 0 aliphatic carbocycles. The molecule has 0 atom stereocenters. The Morgan fingerprint density at radius 3 is 2.23 bits per heavy atom. The van der Waals surface area contributed by atoms with E-state index < -0.39 is 0 Å². The third kappa shape index (κ3) is 9.25. The van der Waals surface area contributed by atoms with E-state index in [1.807, 2.05) is 12.1 Å². The van der Waals surface area contributed by atoms with Crippen LogP contribution in [0.2, 0.25) is 0 Å². The van der Waals surface area contributed by atoms with Gasteiger partial charge in [0.05, 0.1) is 0 Å². The molecular weight excluding hydrogens is 387 g/mol. The fraction of sp³-hybridized carbons (Fsp3) is 0.588. The highest BCUT2D eigenvalue weighted by Crippen LogP contribution is 2.07. The van der Waals surface area contributed by atoms with Crippen molar-refractivity contribution in [1.29, 1.82) is 0 Å². The Kier molecular flexibility index (Phi) is 12.2. The molecule has 5 heteroatoms. The molecule has 0 aliphatic heterocycles. The molecule has 4 nitrogen and oxygen atoms in total. The van der Waals surface area contributed by atoms with Crippen LogP contribution in [0.1, 0.15) is 38.7 Å². The quantitative estimate of drug-likeness (QED) is 0.277. The Labute approximate surface area is 152 Å². The van der Waals surface area contributed by atoms with Gasteiger partial charge in [-0.15, -0.1) is 24.0 Å². The van der Waals surface area contributed by atoms with Crippen LogP contribution in [0.5, 0.6) is 0 Å². The zero-order chi connectivity index (χ0) is 15.5. The zero-order valence-electron chi connectivity index (χ0n) is 14.1. The van der Waals surface area contributed by atoms with Crippen molar-refractivity contribution < 1.29 is 0 Å². The summed E-state index contributed by atoms with van der Waals surface area (Å²) in [5.74, 6) is 0.497. The van der Waals surface area contributed by atoms with Gasteiger partial charge in [-0.1, -0.05) is 31.5 Å². The maximum Gasteiger partial charge on any atom is 0.193 e. The summed E-state index contributed by atoms with van der Waals surface area (Å²) in [6.45, 7) is 10.7. The minimum absolute atomic E-state index is 0. The van der Waals surface area contributed by atoms with Gasteiger partial charge in [0.2, 0.25) is 0 Å². The second-order valence-corrected chi connectivity index (χ2v) is 5.45. The van der Waals surface area contributed by atoms with Crippen molar-refractivity contribution >= 4 is 35.6 Å². The highest BCUT2D eigenvalue weighted by Gasteiger charge is 2.01. The van der Waals surface area contributed by atoms with Crippen molar-refractivity contribution in [3.63, 3.8) is 0 Å². The van der Waals surface area contributed by atoms with Gasteiger partial charge in [-0.25, -0.2) is 0 Å². The molecule has 0 aromatic heterocycles. The summed E-state index contributed by atoms with van der Waals surface area (Å²) in [5.41, 5.74) is 8.13. The van der Waals surface area contributed by atoms with Crippen LogP contribution >= 0.6 is 24.0 Å². The number of benzene rings is 1. The maximum absolute atomic E-state index is 5.90. The van der Waals surface area contributed by atoms with Crippen LogP contribution in [0.4, 0.5) is 5.69 Å². The molecular formula is C17H31IN4. The first-order valence-corrected chi connectivity index (χ1v) is 8.01. The van der Waals surface area contributed by atoms with Gasteiger partial charge in [0.1, 0.15) is 0 Å². The molecule has 1 aromatic carbocycles. The molecule has 0 unspecified atom stereocenters. The van der Waals surface area contributed by atoms with Gasteiger partial charge in [0.25, 0.3) is 0 Å². The molecule has 0 saturated carbocycles. The van der Waals surface area contributed by atoms with E-state index in [1.165, 1.54) is 31.5 Å². The van der Waals surface area contributed by atoms with E-state index in [-0.39, 0.29) is 24.0 Å². The largest absolute Gasteiger partial charge is 0.370 e. The number of hydrogen-bond donors (Lipinski definition) is 2. The van der Waals surface area contributed by atoms with E-state index in [1.54, 1.807) is 0 Å². The van der Waals surface area contributed by atoms with Crippen LogP contribution in [0.15, 0.2) is 29.3 Å². The van der Waals surface area contributed by atoms with Crippen molar-refractivity contribution in [2.24, 2.45) is 10.7 Å².